The van der Waals surface area contributed by atoms with E-state index in [1.54, 1.807) is 12.1 Å². The van der Waals surface area contributed by atoms with E-state index in [9.17, 15) is 9.90 Å². The first kappa shape index (κ1) is 10.6. The van der Waals surface area contributed by atoms with Gasteiger partial charge in [0.05, 0.1) is 5.56 Å². The van der Waals surface area contributed by atoms with Crippen molar-refractivity contribution in [2.24, 2.45) is 0 Å². The fourth-order valence-corrected chi connectivity index (χ4v) is 1.33. The predicted octanol–water partition coefficient (Wildman–Crippen LogP) is 2.05. The van der Waals surface area contributed by atoms with Gasteiger partial charge in [-0.15, -0.1) is 0 Å². The minimum atomic E-state index is 0.0421. The molecule has 76 valence electrons. The van der Waals surface area contributed by atoms with Crippen LogP contribution in [0.15, 0.2) is 18.2 Å². The molecule has 0 amide bonds. The average molecular weight is 193 g/mol. The maximum Gasteiger partial charge on any atom is 0.153 e. The molecule has 0 fully saturated rings. The SMILES string of the molecule is CCCN(C)c1ccc(C=O)c(O)c1. The molecule has 1 N–H and O–H groups in total. The van der Waals surface area contributed by atoms with Crippen LogP contribution in [0.3, 0.4) is 0 Å². The van der Waals surface area contributed by atoms with Gasteiger partial charge in [-0.2, -0.15) is 0 Å². The van der Waals surface area contributed by atoms with Crippen LogP contribution >= 0.6 is 0 Å². The zero-order chi connectivity index (χ0) is 10.6. The normalized spacial score (nSPS) is 9.86. The molecule has 0 unspecified atom stereocenters. The van der Waals surface area contributed by atoms with E-state index >= 15 is 0 Å². The summed E-state index contributed by atoms with van der Waals surface area (Å²) in [4.78, 5) is 12.5. The summed E-state index contributed by atoms with van der Waals surface area (Å²) in [5, 5.41) is 9.45. The molecule has 3 heteroatoms. The minimum Gasteiger partial charge on any atom is -0.507 e. The molecule has 0 saturated heterocycles. The molecule has 0 aliphatic rings. The van der Waals surface area contributed by atoms with Gasteiger partial charge >= 0.3 is 0 Å². The zero-order valence-corrected chi connectivity index (χ0v) is 8.53. The summed E-state index contributed by atoms with van der Waals surface area (Å²) in [7, 11) is 1.96. The van der Waals surface area contributed by atoms with Crippen LogP contribution in [0.25, 0.3) is 0 Å². The van der Waals surface area contributed by atoms with Crippen molar-refractivity contribution in [1.82, 2.24) is 0 Å². The molecule has 0 aliphatic heterocycles. The van der Waals surface area contributed by atoms with Crippen molar-refractivity contribution in [1.29, 1.82) is 0 Å². The van der Waals surface area contributed by atoms with Crippen LogP contribution in [-0.2, 0) is 0 Å². The molecule has 14 heavy (non-hydrogen) atoms. The standard InChI is InChI=1S/C11H15NO2/c1-3-6-12(2)10-5-4-9(8-13)11(14)7-10/h4-5,7-8,14H,3,6H2,1-2H3. The third kappa shape index (κ3) is 2.25. The van der Waals surface area contributed by atoms with Crippen LogP contribution < -0.4 is 4.90 Å². The number of benzene rings is 1. The number of hydrogen-bond acceptors (Lipinski definition) is 3. The Labute approximate surface area is 84.0 Å². The molecule has 0 bridgehead atoms. The van der Waals surface area contributed by atoms with E-state index in [4.69, 9.17) is 0 Å². The van der Waals surface area contributed by atoms with Gasteiger partial charge in [0, 0.05) is 25.3 Å². The van der Waals surface area contributed by atoms with E-state index in [1.807, 2.05) is 18.0 Å². The molecule has 0 aromatic heterocycles. The summed E-state index contributed by atoms with van der Waals surface area (Å²) in [5.74, 6) is 0.0421. The van der Waals surface area contributed by atoms with Crippen LogP contribution in [0, 0.1) is 0 Å². The van der Waals surface area contributed by atoms with E-state index in [0.717, 1.165) is 18.7 Å². The summed E-state index contributed by atoms with van der Waals surface area (Å²) in [6.45, 7) is 3.02. The van der Waals surface area contributed by atoms with E-state index < -0.39 is 0 Å². The summed E-state index contributed by atoms with van der Waals surface area (Å²) >= 11 is 0. The summed E-state index contributed by atoms with van der Waals surface area (Å²) in [6, 6.07) is 5.07. The molecule has 3 nitrogen and oxygen atoms in total. The number of phenolic OH excluding ortho intramolecular Hbond substituents is 1. The van der Waals surface area contributed by atoms with Crippen molar-refractivity contribution in [2.45, 2.75) is 13.3 Å². The number of carbonyl (C=O) groups excluding carboxylic acids is 1. The lowest BCUT2D eigenvalue weighted by atomic mass is 10.2. The van der Waals surface area contributed by atoms with E-state index in [1.165, 1.54) is 0 Å². The fraction of sp³-hybridized carbons (Fsp3) is 0.364. The number of nitrogens with zero attached hydrogens (tertiary/aromatic N) is 1. The largest absolute Gasteiger partial charge is 0.507 e. The summed E-state index contributed by atoms with van der Waals surface area (Å²) < 4.78 is 0. The molecule has 1 aromatic carbocycles. The molecule has 1 aromatic rings. The van der Waals surface area contributed by atoms with Crippen molar-refractivity contribution in [3.05, 3.63) is 23.8 Å². The number of carbonyl (C=O) groups is 1. The molecular weight excluding hydrogens is 178 g/mol. The Hall–Kier alpha value is -1.51. The van der Waals surface area contributed by atoms with Crippen LogP contribution in [-0.4, -0.2) is 25.0 Å². The number of rotatable bonds is 4. The molecule has 0 atom stereocenters. The molecular formula is C11H15NO2. The highest BCUT2D eigenvalue weighted by Crippen LogP contribution is 2.22. The first-order chi connectivity index (χ1) is 6.69. The average Bonchev–Trinajstić information content (AvgIpc) is 2.18. The van der Waals surface area contributed by atoms with Gasteiger partial charge in [-0.25, -0.2) is 0 Å². The quantitative estimate of drug-likeness (QED) is 0.744. The van der Waals surface area contributed by atoms with Crippen LogP contribution in [0.2, 0.25) is 0 Å². The Morgan fingerprint density at radius 2 is 2.21 bits per heavy atom. The smallest absolute Gasteiger partial charge is 0.153 e. The number of aldehydes is 1. The van der Waals surface area contributed by atoms with E-state index in [0.29, 0.717) is 11.8 Å². The Morgan fingerprint density at radius 3 is 2.71 bits per heavy atom. The van der Waals surface area contributed by atoms with Gasteiger partial charge in [-0.1, -0.05) is 6.92 Å². The number of phenols is 1. The lowest BCUT2D eigenvalue weighted by molar-refractivity contribution is 0.112. The maximum absolute atomic E-state index is 10.5. The Kier molecular flexibility index (Phi) is 3.51. The zero-order valence-electron chi connectivity index (χ0n) is 8.53. The predicted molar refractivity (Wildman–Crippen MR) is 57.1 cm³/mol. The number of anilines is 1. The highest BCUT2D eigenvalue weighted by atomic mass is 16.3. The van der Waals surface area contributed by atoms with Crippen molar-refractivity contribution >= 4 is 12.0 Å². The van der Waals surface area contributed by atoms with Gasteiger partial charge in [0.1, 0.15) is 5.75 Å². The lowest BCUT2D eigenvalue weighted by Crippen LogP contribution is -2.17. The van der Waals surface area contributed by atoms with Gasteiger partial charge in [0.25, 0.3) is 0 Å². The van der Waals surface area contributed by atoms with Crippen LogP contribution in [0.4, 0.5) is 5.69 Å². The van der Waals surface area contributed by atoms with Crippen LogP contribution in [0.5, 0.6) is 5.75 Å². The van der Waals surface area contributed by atoms with E-state index in [2.05, 4.69) is 6.92 Å². The Morgan fingerprint density at radius 1 is 1.50 bits per heavy atom. The van der Waals surface area contributed by atoms with Crippen molar-refractivity contribution in [3.63, 3.8) is 0 Å². The van der Waals surface area contributed by atoms with Crippen molar-refractivity contribution < 1.29 is 9.90 Å². The van der Waals surface area contributed by atoms with Gasteiger partial charge < -0.3 is 10.0 Å². The van der Waals surface area contributed by atoms with Crippen LogP contribution in [0.1, 0.15) is 23.7 Å². The van der Waals surface area contributed by atoms with E-state index in [-0.39, 0.29) is 5.75 Å². The molecule has 0 aliphatic carbocycles. The fourth-order valence-electron chi connectivity index (χ4n) is 1.33. The molecule has 0 saturated carbocycles. The summed E-state index contributed by atoms with van der Waals surface area (Å²) in [5.41, 5.74) is 1.26. The molecule has 0 radical (unpaired) electrons. The number of hydrogen-bond donors (Lipinski definition) is 1. The molecule has 0 spiro atoms. The first-order valence-corrected chi connectivity index (χ1v) is 4.68. The van der Waals surface area contributed by atoms with Gasteiger partial charge in [-0.3, -0.25) is 4.79 Å². The maximum atomic E-state index is 10.5. The minimum absolute atomic E-state index is 0.0421. The second-order valence-electron chi connectivity index (χ2n) is 3.28. The lowest BCUT2D eigenvalue weighted by Gasteiger charge is -2.18. The van der Waals surface area contributed by atoms with Gasteiger partial charge in [0.15, 0.2) is 6.29 Å². The van der Waals surface area contributed by atoms with Crippen molar-refractivity contribution in [2.75, 3.05) is 18.5 Å². The Balaban J connectivity index is 2.90. The Bertz CT molecular complexity index is 323. The molecule has 1 rings (SSSR count). The molecule has 0 heterocycles. The monoisotopic (exact) mass is 193 g/mol. The second-order valence-corrected chi connectivity index (χ2v) is 3.28. The first-order valence-electron chi connectivity index (χ1n) is 4.68. The van der Waals surface area contributed by atoms with Gasteiger partial charge in [-0.05, 0) is 18.6 Å². The number of aromatic hydroxyl groups is 1. The van der Waals surface area contributed by atoms with Gasteiger partial charge in [0.2, 0.25) is 0 Å². The second kappa shape index (κ2) is 4.65. The highest BCUT2D eigenvalue weighted by molar-refractivity contribution is 5.80. The third-order valence-electron chi connectivity index (χ3n) is 2.14. The third-order valence-corrected chi connectivity index (χ3v) is 2.14. The summed E-state index contributed by atoms with van der Waals surface area (Å²) in [6.07, 6.45) is 1.70. The topological polar surface area (TPSA) is 40.5 Å². The highest BCUT2D eigenvalue weighted by Gasteiger charge is 2.04. The van der Waals surface area contributed by atoms with Crippen molar-refractivity contribution in [3.8, 4) is 5.75 Å².